The van der Waals surface area contributed by atoms with Gasteiger partial charge >= 0.3 is 0 Å². The summed E-state index contributed by atoms with van der Waals surface area (Å²) in [7, 11) is 1.78. The van der Waals surface area contributed by atoms with Gasteiger partial charge in [-0.1, -0.05) is 23.7 Å². The molecule has 0 saturated carbocycles. The van der Waals surface area contributed by atoms with Crippen LogP contribution in [0.4, 0.5) is 11.6 Å². The van der Waals surface area contributed by atoms with E-state index in [4.69, 9.17) is 11.6 Å². The summed E-state index contributed by atoms with van der Waals surface area (Å²) in [4.78, 5) is 9.02. The second-order valence-electron chi connectivity index (χ2n) is 5.75. The molecule has 2 aromatic heterocycles. The van der Waals surface area contributed by atoms with Crippen LogP contribution in [0.1, 0.15) is 28.2 Å². The highest BCUT2D eigenvalue weighted by Gasteiger charge is 2.15. The molecule has 0 aliphatic heterocycles. The number of anilines is 2. The van der Waals surface area contributed by atoms with E-state index in [-0.39, 0.29) is 0 Å². The van der Waals surface area contributed by atoms with Crippen molar-refractivity contribution < 1.29 is 0 Å². The molecule has 0 unspecified atom stereocenters. The average Bonchev–Trinajstić information content (AvgIpc) is 2.92. The van der Waals surface area contributed by atoms with Crippen molar-refractivity contribution in [3.05, 3.63) is 63.7 Å². The van der Waals surface area contributed by atoms with Crippen LogP contribution in [-0.4, -0.2) is 19.7 Å². The smallest absolute Gasteiger partial charge is 0.147 e. The third kappa shape index (κ3) is 3.62. The van der Waals surface area contributed by atoms with Crippen LogP contribution in [0.3, 0.4) is 0 Å². The molecule has 7 heteroatoms. The van der Waals surface area contributed by atoms with Gasteiger partial charge in [0.1, 0.15) is 29.1 Å². The molecule has 0 radical (unpaired) electrons. The van der Waals surface area contributed by atoms with E-state index in [1.807, 2.05) is 38.1 Å². The second kappa shape index (κ2) is 6.91. The van der Waals surface area contributed by atoms with Crippen molar-refractivity contribution in [2.45, 2.75) is 20.3 Å². The first-order valence-electron chi connectivity index (χ1n) is 7.75. The van der Waals surface area contributed by atoms with Crippen molar-refractivity contribution in [2.24, 2.45) is 7.05 Å². The summed E-state index contributed by atoms with van der Waals surface area (Å²) >= 11 is 5.97. The zero-order chi connectivity index (χ0) is 18.0. The first kappa shape index (κ1) is 16.9. The molecule has 2 heterocycles. The Morgan fingerprint density at radius 2 is 1.92 bits per heavy atom. The van der Waals surface area contributed by atoms with E-state index in [2.05, 4.69) is 26.5 Å². The first-order valence-corrected chi connectivity index (χ1v) is 8.13. The molecule has 0 saturated heterocycles. The molecule has 3 aromatic rings. The van der Waals surface area contributed by atoms with Crippen molar-refractivity contribution in [3.63, 3.8) is 0 Å². The number of halogens is 1. The molecule has 0 bridgehead atoms. The zero-order valence-corrected chi connectivity index (χ0v) is 15.0. The maximum Gasteiger partial charge on any atom is 0.147 e. The minimum atomic E-state index is 0.467. The summed E-state index contributed by atoms with van der Waals surface area (Å²) in [5.74, 6) is 1.96. The van der Waals surface area contributed by atoms with Gasteiger partial charge in [-0.2, -0.15) is 10.4 Å². The van der Waals surface area contributed by atoms with Crippen LogP contribution in [0.2, 0.25) is 5.02 Å². The Morgan fingerprint density at radius 3 is 2.60 bits per heavy atom. The van der Waals surface area contributed by atoms with Gasteiger partial charge in [-0.25, -0.2) is 9.97 Å². The lowest BCUT2D eigenvalue weighted by Crippen LogP contribution is -2.09. The van der Waals surface area contributed by atoms with Crippen LogP contribution in [0.5, 0.6) is 0 Å². The van der Waals surface area contributed by atoms with E-state index in [9.17, 15) is 5.26 Å². The minimum Gasteiger partial charge on any atom is -0.324 e. The fourth-order valence-electron chi connectivity index (χ4n) is 2.64. The summed E-state index contributed by atoms with van der Waals surface area (Å²) in [6.07, 6.45) is 2.19. The van der Waals surface area contributed by atoms with Crippen molar-refractivity contribution in [2.75, 3.05) is 5.32 Å². The normalized spacial score (nSPS) is 10.5. The quantitative estimate of drug-likeness (QED) is 0.774. The monoisotopic (exact) mass is 352 g/mol. The summed E-state index contributed by atoms with van der Waals surface area (Å²) in [6, 6.07) is 9.83. The molecule has 0 aliphatic rings. The summed E-state index contributed by atoms with van der Waals surface area (Å²) in [5, 5.41) is 17.3. The second-order valence-corrected chi connectivity index (χ2v) is 6.19. The number of nitrogens with zero attached hydrogens (tertiary/aromatic N) is 5. The topological polar surface area (TPSA) is 79.4 Å². The van der Waals surface area contributed by atoms with Gasteiger partial charge in [-0.15, -0.1) is 0 Å². The highest BCUT2D eigenvalue weighted by Crippen LogP contribution is 2.25. The van der Waals surface area contributed by atoms with Gasteiger partial charge in [0.15, 0.2) is 0 Å². The van der Waals surface area contributed by atoms with Crippen molar-refractivity contribution in [3.8, 4) is 6.07 Å². The SMILES string of the molecule is Cc1nc(C)c(Cc2ccc(Cl)cc2)c(Nc2c(C#N)cnn2C)n1. The van der Waals surface area contributed by atoms with Crippen molar-refractivity contribution in [1.29, 1.82) is 5.26 Å². The summed E-state index contributed by atoms with van der Waals surface area (Å²) < 4.78 is 1.62. The molecule has 6 nitrogen and oxygen atoms in total. The Hall–Kier alpha value is -2.91. The largest absolute Gasteiger partial charge is 0.324 e. The minimum absolute atomic E-state index is 0.467. The fourth-order valence-corrected chi connectivity index (χ4v) is 2.76. The van der Waals surface area contributed by atoms with Crippen LogP contribution in [0.15, 0.2) is 30.5 Å². The Kier molecular flexibility index (Phi) is 4.68. The lowest BCUT2D eigenvalue weighted by Gasteiger charge is -2.14. The molecule has 126 valence electrons. The number of rotatable bonds is 4. The molecule has 1 N–H and O–H groups in total. The number of aryl methyl sites for hydroxylation is 3. The molecule has 0 fully saturated rings. The Bertz CT molecular complexity index is 953. The number of nitriles is 1. The van der Waals surface area contributed by atoms with E-state index in [1.165, 1.54) is 6.20 Å². The number of hydrogen-bond donors (Lipinski definition) is 1. The number of nitrogens with one attached hydrogen (secondary N) is 1. The molecule has 0 aliphatic carbocycles. The van der Waals surface area contributed by atoms with Gasteiger partial charge in [0.25, 0.3) is 0 Å². The zero-order valence-electron chi connectivity index (χ0n) is 14.2. The average molecular weight is 353 g/mol. The van der Waals surface area contributed by atoms with Crippen LogP contribution in [0, 0.1) is 25.2 Å². The fraction of sp³-hybridized carbons (Fsp3) is 0.222. The lowest BCUT2D eigenvalue weighted by molar-refractivity contribution is 0.775. The highest BCUT2D eigenvalue weighted by molar-refractivity contribution is 6.30. The van der Waals surface area contributed by atoms with Crippen LogP contribution >= 0.6 is 11.6 Å². The third-order valence-electron chi connectivity index (χ3n) is 3.92. The summed E-state index contributed by atoms with van der Waals surface area (Å²) in [6.45, 7) is 3.80. The van der Waals surface area contributed by atoms with Gasteiger partial charge in [-0.3, -0.25) is 4.68 Å². The predicted molar refractivity (Wildman–Crippen MR) is 97.0 cm³/mol. The maximum atomic E-state index is 9.26. The van der Waals surface area contributed by atoms with Crippen molar-refractivity contribution >= 4 is 23.2 Å². The number of aromatic nitrogens is 4. The van der Waals surface area contributed by atoms with Gasteiger partial charge < -0.3 is 5.32 Å². The molecule has 3 rings (SSSR count). The molecule has 0 amide bonds. The number of benzene rings is 1. The van der Waals surface area contributed by atoms with Crippen LogP contribution < -0.4 is 5.32 Å². The predicted octanol–water partition coefficient (Wildman–Crippen LogP) is 3.69. The lowest BCUT2D eigenvalue weighted by atomic mass is 10.0. The first-order chi connectivity index (χ1) is 12.0. The van der Waals surface area contributed by atoms with Gasteiger partial charge in [-0.05, 0) is 31.5 Å². The molecule has 1 aromatic carbocycles. The number of hydrogen-bond acceptors (Lipinski definition) is 5. The molecule has 25 heavy (non-hydrogen) atoms. The van der Waals surface area contributed by atoms with Gasteiger partial charge in [0, 0.05) is 29.7 Å². The van der Waals surface area contributed by atoms with E-state index in [1.54, 1.807) is 11.7 Å². The van der Waals surface area contributed by atoms with E-state index >= 15 is 0 Å². The third-order valence-corrected chi connectivity index (χ3v) is 4.17. The van der Waals surface area contributed by atoms with Crippen molar-refractivity contribution in [1.82, 2.24) is 19.7 Å². The Morgan fingerprint density at radius 1 is 1.20 bits per heavy atom. The summed E-state index contributed by atoms with van der Waals surface area (Å²) in [5.41, 5.74) is 3.44. The molecular weight excluding hydrogens is 336 g/mol. The van der Waals surface area contributed by atoms with Crippen LogP contribution in [0.25, 0.3) is 0 Å². The Labute approximate surface area is 151 Å². The van der Waals surface area contributed by atoms with Crippen LogP contribution in [-0.2, 0) is 13.5 Å². The van der Waals surface area contributed by atoms with E-state index < -0.39 is 0 Å². The standard InChI is InChI=1S/C18H17ClN6/c1-11-16(8-13-4-6-15(19)7-5-13)17(23-12(2)22-11)24-18-14(9-20)10-21-25(18)3/h4-7,10H,8H2,1-3H3,(H,22,23,24). The van der Waals surface area contributed by atoms with Gasteiger partial charge in [0.2, 0.25) is 0 Å². The highest BCUT2D eigenvalue weighted by atomic mass is 35.5. The molecule has 0 atom stereocenters. The van der Waals surface area contributed by atoms with E-state index in [0.717, 1.165) is 16.8 Å². The van der Waals surface area contributed by atoms with E-state index in [0.29, 0.717) is 34.5 Å². The maximum absolute atomic E-state index is 9.26. The molecule has 0 spiro atoms. The van der Waals surface area contributed by atoms with Gasteiger partial charge in [0.05, 0.1) is 6.20 Å². The Balaban J connectivity index is 2.02. The molecular formula is C18H17ClN6.